The average Bonchev–Trinajstić information content (AvgIpc) is 2.82. The molecule has 2 aromatic carbocycles. The Hall–Kier alpha value is -4.28. The Labute approximate surface area is 199 Å². The number of nitrogens with one attached hydrogen (secondary N) is 1. The SMILES string of the molecule is N#Cc1ccc(C(=O)N2CC[C@@]3(N=C(N)c4c(F)ccc(F)c4N3)[C@@H](F)C2)cc1.O=C(O)C(F)(F)F. The molecule has 0 radical (unpaired) electrons. The molecule has 4 rings (SSSR count). The molecule has 1 spiro atoms. The number of rotatable bonds is 1. The number of hydrogen-bond acceptors (Lipinski definition) is 6. The van der Waals surface area contributed by atoms with Crippen LogP contribution in [0.25, 0.3) is 0 Å². The highest BCUT2D eigenvalue weighted by atomic mass is 19.4. The first-order chi connectivity index (χ1) is 16.8. The van der Waals surface area contributed by atoms with E-state index in [2.05, 4.69) is 10.3 Å². The lowest BCUT2D eigenvalue weighted by atomic mass is 9.91. The normalized spacial score (nSPS) is 20.8. The van der Waals surface area contributed by atoms with Crippen molar-refractivity contribution in [3.8, 4) is 6.07 Å². The Morgan fingerprint density at radius 3 is 2.28 bits per heavy atom. The summed E-state index contributed by atoms with van der Waals surface area (Å²) in [6.45, 7) is -0.163. The van der Waals surface area contributed by atoms with Crippen molar-refractivity contribution < 1.29 is 41.0 Å². The summed E-state index contributed by atoms with van der Waals surface area (Å²) < 4.78 is 75.2. The molecule has 1 saturated heterocycles. The summed E-state index contributed by atoms with van der Waals surface area (Å²) in [6, 6.07) is 9.85. The van der Waals surface area contributed by atoms with Gasteiger partial charge in [-0.3, -0.25) is 4.79 Å². The third-order valence-corrected chi connectivity index (χ3v) is 5.47. The molecule has 2 atom stereocenters. The number of carbonyl (C=O) groups excluding carboxylic acids is 1. The fourth-order valence-corrected chi connectivity index (χ4v) is 3.66. The van der Waals surface area contributed by atoms with E-state index in [-0.39, 0.29) is 36.6 Å². The van der Waals surface area contributed by atoms with Crippen molar-refractivity contribution in [1.29, 1.82) is 5.26 Å². The summed E-state index contributed by atoms with van der Waals surface area (Å²) in [5.74, 6) is -4.95. The number of nitriles is 1. The van der Waals surface area contributed by atoms with Crippen LogP contribution >= 0.6 is 0 Å². The van der Waals surface area contributed by atoms with Crippen molar-refractivity contribution in [3.05, 3.63) is 64.7 Å². The number of nitrogens with zero attached hydrogens (tertiary/aromatic N) is 3. The molecule has 36 heavy (non-hydrogen) atoms. The van der Waals surface area contributed by atoms with Gasteiger partial charge in [0.15, 0.2) is 11.8 Å². The molecule has 0 unspecified atom stereocenters. The van der Waals surface area contributed by atoms with Crippen LogP contribution in [0.4, 0.5) is 32.0 Å². The van der Waals surface area contributed by atoms with Crippen molar-refractivity contribution in [2.24, 2.45) is 10.7 Å². The Bertz CT molecular complexity index is 1260. The standard InChI is InChI=1S/C20H16F3N5O.C2HF3O2/c21-13-5-6-14(22)17-16(13)18(25)27-20(26-17)7-8-28(10-15(20)23)19(29)12-3-1-11(9-24)2-4-12;3-2(4,5)1(6)7/h1-6,15,26H,7-8,10H2,(H2,25,27);(H,6,7)/t15-,20+;/m0./s1. The van der Waals surface area contributed by atoms with Crippen LogP contribution in [0.2, 0.25) is 0 Å². The molecule has 0 saturated carbocycles. The van der Waals surface area contributed by atoms with Crippen LogP contribution in [0, 0.1) is 23.0 Å². The Morgan fingerprint density at radius 2 is 1.75 bits per heavy atom. The second-order valence-corrected chi connectivity index (χ2v) is 7.79. The number of amides is 1. The van der Waals surface area contributed by atoms with Gasteiger partial charge in [0, 0.05) is 18.5 Å². The molecule has 8 nitrogen and oxygen atoms in total. The van der Waals surface area contributed by atoms with E-state index in [0.717, 1.165) is 12.1 Å². The Kier molecular flexibility index (Phi) is 7.14. The molecule has 2 aromatic rings. The number of alkyl halides is 4. The van der Waals surface area contributed by atoms with Crippen LogP contribution in [0.15, 0.2) is 41.4 Å². The molecular weight excluding hydrogens is 496 g/mol. The first-order valence-corrected chi connectivity index (χ1v) is 10.1. The van der Waals surface area contributed by atoms with E-state index < -0.39 is 41.5 Å². The number of aliphatic imine (C=N–C) groups is 1. The van der Waals surface area contributed by atoms with Gasteiger partial charge in [0.05, 0.1) is 29.4 Å². The van der Waals surface area contributed by atoms with Crippen LogP contribution in [-0.2, 0) is 4.79 Å². The minimum atomic E-state index is -5.08. The van der Waals surface area contributed by atoms with E-state index in [1.807, 2.05) is 6.07 Å². The van der Waals surface area contributed by atoms with Gasteiger partial charge >= 0.3 is 12.1 Å². The number of fused-ring (bicyclic) bond motifs is 1. The Balaban J connectivity index is 0.000000454. The summed E-state index contributed by atoms with van der Waals surface area (Å²) in [7, 11) is 0. The second kappa shape index (κ2) is 9.76. The molecule has 2 aliphatic heterocycles. The lowest BCUT2D eigenvalue weighted by Crippen LogP contribution is -2.60. The number of halogens is 6. The van der Waals surface area contributed by atoms with Gasteiger partial charge < -0.3 is 21.1 Å². The van der Waals surface area contributed by atoms with E-state index in [1.165, 1.54) is 29.2 Å². The summed E-state index contributed by atoms with van der Waals surface area (Å²) in [5, 5.41) is 18.7. The zero-order valence-corrected chi connectivity index (χ0v) is 18.1. The molecule has 0 bridgehead atoms. The molecule has 0 aliphatic carbocycles. The van der Waals surface area contributed by atoms with E-state index in [1.54, 1.807) is 0 Å². The van der Waals surface area contributed by atoms with Crippen molar-refractivity contribution in [1.82, 2.24) is 4.90 Å². The summed E-state index contributed by atoms with van der Waals surface area (Å²) in [4.78, 5) is 27.0. The van der Waals surface area contributed by atoms with Crippen molar-refractivity contribution in [3.63, 3.8) is 0 Å². The maximum atomic E-state index is 15.2. The number of hydrogen-bond donors (Lipinski definition) is 3. The van der Waals surface area contributed by atoms with Crippen molar-refractivity contribution >= 4 is 23.4 Å². The van der Waals surface area contributed by atoms with Crippen LogP contribution in [0.3, 0.4) is 0 Å². The highest BCUT2D eigenvalue weighted by Gasteiger charge is 2.48. The van der Waals surface area contributed by atoms with Crippen LogP contribution in [0.1, 0.15) is 27.9 Å². The maximum Gasteiger partial charge on any atom is 0.490 e. The van der Waals surface area contributed by atoms with Gasteiger partial charge in [0.25, 0.3) is 5.91 Å². The first-order valence-electron chi connectivity index (χ1n) is 10.1. The smallest absolute Gasteiger partial charge is 0.475 e. The van der Waals surface area contributed by atoms with E-state index in [4.69, 9.17) is 20.9 Å². The maximum absolute atomic E-state index is 15.2. The number of likely N-dealkylation sites (tertiary alicyclic amines) is 1. The number of benzene rings is 2. The predicted octanol–water partition coefficient (Wildman–Crippen LogP) is 3.18. The first kappa shape index (κ1) is 26.3. The molecule has 4 N–H and O–H groups in total. The third-order valence-electron chi connectivity index (χ3n) is 5.47. The van der Waals surface area contributed by atoms with Crippen LogP contribution < -0.4 is 11.1 Å². The minimum absolute atomic E-state index is 0.0201. The minimum Gasteiger partial charge on any atom is -0.475 e. The van der Waals surface area contributed by atoms with Crippen LogP contribution in [0.5, 0.6) is 0 Å². The molecule has 190 valence electrons. The lowest BCUT2D eigenvalue weighted by Gasteiger charge is -2.44. The third kappa shape index (κ3) is 5.19. The quantitative estimate of drug-likeness (QED) is 0.502. The highest BCUT2D eigenvalue weighted by molar-refractivity contribution is 6.04. The van der Waals surface area contributed by atoms with Crippen LogP contribution in [-0.4, -0.2) is 58.8 Å². The second-order valence-electron chi connectivity index (χ2n) is 7.79. The largest absolute Gasteiger partial charge is 0.490 e. The lowest BCUT2D eigenvalue weighted by molar-refractivity contribution is -0.192. The Morgan fingerprint density at radius 1 is 1.17 bits per heavy atom. The number of anilines is 1. The molecular formula is C22H17F6N5O3. The fraction of sp³-hybridized carbons (Fsp3) is 0.273. The number of carbonyl (C=O) groups is 2. The van der Waals surface area contributed by atoms with Crippen molar-refractivity contribution in [2.45, 2.75) is 24.4 Å². The van der Waals surface area contributed by atoms with Gasteiger partial charge in [0.2, 0.25) is 0 Å². The van der Waals surface area contributed by atoms with Gasteiger partial charge in [-0.15, -0.1) is 0 Å². The molecule has 0 aromatic heterocycles. The predicted molar refractivity (Wildman–Crippen MR) is 114 cm³/mol. The topological polar surface area (TPSA) is 132 Å². The zero-order valence-electron chi connectivity index (χ0n) is 18.1. The fourth-order valence-electron chi connectivity index (χ4n) is 3.66. The van der Waals surface area contributed by atoms with E-state index in [0.29, 0.717) is 11.1 Å². The molecule has 2 aliphatic rings. The molecule has 1 amide bonds. The number of carboxylic acids is 1. The number of amidine groups is 1. The number of aliphatic carboxylic acids is 1. The summed E-state index contributed by atoms with van der Waals surface area (Å²) in [6.07, 6.45) is -6.76. The monoisotopic (exact) mass is 513 g/mol. The highest BCUT2D eigenvalue weighted by Crippen LogP contribution is 2.38. The summed E-state index contributed by atoms with van der Waals surface area (Å²) in [5.41, 5.74) is 4.53. The van der Waals surface area contributed by atoms with Gasteiger partial charge in [0.1, 0.15) is 17.5 Å². The van der Waals surface area contributed by atoms with Gasteiger partial charge in [-0.25, -0.2) is 23.0 Å². The van der Waals surface area contributed by atoms with Crippen molar-refractivity contribution in [2.75, 3.05) is 18.4 Å². The van der Waals surface area contributed by atoms with E-state index >= 15 is 4.39 Å². The molecule has 1 fully saturated rings. The number of nitrogens with two attached hydrogens (primary N) is 1. The van der Waals surface area contributed by atoms with Gasteiger partial charge in [-0.1, -0.05) is 0 Å². The van der Waals surface area contributed by atoms with Gasteiger partial charge in [-0.2, -0.15) is 18.4 Å². The summed E-state index contributed by atoms with van der Waals surface area (Å²) >= 11 is 0. The molecule has 2 heterocycles. The number of carboxylic acid groups (broad SMARTS) is 1. The number of piperidine rings is 1. The average molecular weight is 513 g/mol. The molecule has 14 heteroatoms. The zero-order chi connectivity index (χ0) is 26.8. The van der Waals surface area contributed by atoms with Gasteiger partial charge in [-0.05, 0) is 36.4 Å². The van der Waals surface area contributed by atoms with E-state index in [9.17, 15) is 26.7 Å².